The molecule has 0 heterocycles. The van der Waals surface area contributed by atoms with Crippen molar-refractivity contribution in [1.29, 1.82) is 0 Å². The van der Waals surface area contributed by atoms with Crippen LogP contribution in [0.15, 0.2) is 30.3 Å². The van der Waals surface area contributed by atoms with Crippen molar-refractivity contribution in [2.75, 3.05) is 27.9 Å². The van der Waals surface area contributed by atoms with E-state index in [-0.39, 0.29) is 18.1 Å². The number of rotatable bonds is 7. The zero-order valence-corrected chi connectivity index (χ0v) is 14.2. The normalized spacial score (nSPS) is 11.7. The lowest BCUT2D eigenvalue weighted by molar-refractivity contribution is 0.104. The van der Waals surface area contributed by atoms with Crippen molar-refractivity contribution >= 4 is 0 Å². The number of ether oxygens (including phenoxy) is 4. The summed E-state index contributed by atoms with van der Waals surface area (Å²) < 4.78 is 21.4. The van der Waals surface area contributed by atoms with E-state index in [0.717, 1.165) is 5.56 Å². The molecule has 130 valence electrons. The predicted octanol–water partition coefficient (Wildman–Crippen LogP) is 2.84. The average Bonchev–Trinajstić information content (AvgIpc) is 2.59. The third kappa shape index (κ3) is 3.83. The van der Waals surface area contributed by atoms with Crippen molar-refractivity contribution in [3.63, 3.8) is 0 Å². The summed E-state index contributed by atoms with van der Waals surface area (Å²) in [5.74, 6) is 1.79. The molecule has 6 nitrogen and oxygen atoms in total. The van der Waals surface area contributed by atoms with E-state index in [1.807, 2.05) is 19.1 Å². The first kappa shape index (κ1) is 17.7. The second-order valence-electron chi connectivity index (χ2n) is 5.26. The number of aromatic hydroxyl groups is 1. The summed E-state index contributed by atoms with van der Waals surface area (Å²) in [6.07, 6.45) is -0.907. The highest BCUT2D eigenvalue weighted by Crippen LogP contribution is 2.39. The molecule has 2 rings (SSSR count). The minimum Gasteiger partial charge on any atom is -0.504 e. The Morgan fingerprint density at radius 3 is 2.04 bits per heavy atom. The summed E-state index contributed by atoms with van der Waals surface area (Å²) in [6, 6.07) is 8.29. The first-order valence-electron chi connectivity index (χ1n) is 7.40. The molecule has 0 saturated carbocycles. The topological polar surface area (TPSA) is 77.4 Å². The zero-order valence-electron chi connectivity index (χ0n) is 14.2. The molecule has 2 aromatic carbocycles. The molecule has 2 aromatic rings. The van der Waals surface area contributed by atoms with Gasteiger partial charge in [-0.05, 0) is 42.3 Å². The van der Waals surface area contributed by atoms with Crippen LogP contribution in [0.25, 0.3) is 0 Å². The predicted molar refractivity (Wildman–Crippen MR) is 89.4 cm³/mol. The molecule has 0 aliphatic carbocycles. The molecule has 1 unspecified atom stereocenters. The third-order valence-electron chi connectivity index (χ3n) is 3.58. The number of phenolic OH excluding ortho intramolecular Hbond substituents is 1. The Hall–Kier alpha value is -2.60. The maximum absolute atomic E-state index is 10.3. The quantitative estimate of drug-likeness (QED) is 0.811. The molecule has 1 atom stereocenters. The van der Waals surface area contributed by atoms with Crippen molar-refractivity contribution in [3.8, 4) is 28.7 Å². The third-order valence-corrected chi connectivity index (χ3v) is 3.58. The Bertz CT molecular complexity index is 673. The highest BCUT2D eigenvalue weighted by molar-refractivity contribution is 5.53. The average molecular weight is 334 g/mol. The maximum Gasteiger partial charge on any atom is 0.203 e. The zero-order chi connectivity index (χ0) is 17.7. The number of benzene rings is 2. The lowest BCUT2D eigenvalue weighted by Gasteiger charge is -2.18. The molecule has 0 fully saturated rings. The van der Waals surface area contributed by atoms with E-state index in [0.29, 0.717) is 22.8 Å². The van der Waals surface area contributed by atoms with Crippen molar-refractivity contribution in [2.24, 2.45) is 0 Å². The van der Waals surface area contributed by atoms with Crippen LogP contribution in [0.2, 0.25) is 0 Å². The van der Waals surface area contributed by atoms with E-state index >= 15 is 0 Å². The van der Waals surface area contributed by atoms with Gasteiger partial charge in [-0.25, -0.2) is 0 Å². The summed E-state index contributed by atoms with van der Waals surface area (Å²) in [5.41, 5.74) is 1.54. The van der Waals surface area contributed by atoms with E-state index in [2.05, 4.69) is 0 Å². The molecule has 0 bridgehead atoms. The highest BCUT2D eigenvalue weighted by atomic mass is 16.5. The summed E-state index contributed by atoms with van der Waals surface area (Å²) in [5, 5.41) is 19.9. The van der Waals surface area contributed by atoms with Crippen LogP contribution in [-0.4, -0.2) is 38.1 Å². The van der Waals surface area contributed by atoms with Crippen LogP contribution in [0, 0.1) is 6.92 Å². The smallest absolute Gasteiger partial charge is 0.203 e. The summed E-state index contributed by atoms with van der Waals surface area (Å²) >= 11 is 0. The molecule has 0 aliphatic heterocycles. The van der Waals surface area contributed by atoms with Gasteiger partial charge in [-0.15, -0.1) is 0 Å². The Balaban J connectivity index is 2.18. The molecule has 0 aromatic heterocycles. The van der Waals surface area contributed by atoms with Gasteiger partial charge in [-0.2, -0.15) is 0 Å². The van der Waals surface area contributed by atoms with Crippen molar-refractivity contribution in [2.45, 2.75) is 13.0 Å². The van der Waals surface area contributed by atoms with Gasteiger partial charge in [0.15, 0.2) is 23.0 Å². The largest absolute Gasteiger partial charge is 0.504 e. The fraction of sp³-hybridized carbons (Fsp3) is 0.333. The molecule has 0 radical (unpaired) electrons. The molecule has 2 N–H and O–H groups in total. The summed E-state index contributed by atoms with van der Waals surface area (Å²) in [4.78, 5) is 0. The standard InChI is InChI=1S/C18H22O6/c1-11-7-16(22-3)18(17(8-11)23-4)24-10-14(20)12-5-6-13(19)15(9-12)21-2/h5-9,14,19-20H,10H2,1-4H3. The Labute approximate surface area is 141 Å². The van der Waals surface area contributed by atoms with Gasteiger partial charge in [-0.3, -0.25) is 0 Å². The number of aliphatic hydroxyl groups is 1. The molecule has 0 spiro atoms. The van der Waals surface area contributed by atoms with Gasteiger partial charge in [0.05, 0.1) is 21.3 Å². The Kier molecular flexibility index (Phi) is 5.76. The highest BCUT2D eigenvalue weighted by Gasteiger charge is 2.17. The number of aryl methyl sites for hydroxylation is 1. The molecule has 0 aliphatic rings. The lowest BCUT2D eigenvalue weighted by atomic mass is 10.1. The summed E-state index contributed by atoms with van der Waals surface area (Å²) in [7, 11) is 4.54. The van der Waals surface area contributed by atoms with Crippen LogP contribution in [0.4, 0.5) is 0 Å². The lowest BCUT2D eigenvalue weighted by Crippen LogP contribution is -2.11. The first-order valence-corrected chi connectivity index (χ1v) is 7.40. The number of phenols is 1. The van der Waals surface area contributed by atoms with Gasteiger partial charge in [0, 0.05) is 0 Å². The van der Waals surface area contributed by atoms with Crippen LogP contribution in [0.1, 0.15) is 17.2 Å². The van der Waals surface area contributed by atoms with E-state index in [4.69, 9.17) is 18.9 Å². The summed E-state index contributed by atoms with van der Waals surface area (Å²) in [6.45, 7) is 1.91. The van der Waals surface area contributed by atoms with Gasteiger partial charge < -0.3 is 29.2 Å². The van der Waals surface area contributed by atoms with E-state index in [1.54, 1.807) is 26.4 Å². The fourth-order valence-electron chi connectivity index (χ4n) is 2.31. The minimum atomic E-state index is -0.907. The van der Waals surface area contributed by atoms with Crippen molar-refractivity contribution < 1.29 is 29.2 Å². The van der Waals surface area contributed by atoms with Gasteiger partial charge in [0.2, 0.25) is 5.75 Å². The molecule has 24 heavy (non-hydrogen) atoms. The number of aliphatic hydroxyl groups excluding tert-OH is 1. The molecule has 0 saturated heterocycles. The van der Waals surface area contributed by atoms with Gasteiger partial charge in [0.1, 0.15) is 12.7 Å². The fourth-order valence-corrected chi connectivity index (χ4v) is 2.31. The minimum absolute atomic E-state index is 0.0102. The van der Waals surface area contributed by atoms with Crippen LogP contribution in [-0.2, 0) is 0 Å². The van der Waals surface area contributed by atoms with Gasteiger partial charge >= 0.3 is 0 Å². The number of hydrogen-bond donors (Lipinski definition) is 2. The molecular formula is C18H22O6. The van der Waals surface area contributed by atoms with Gasteiger partial charge in [-0.1, -0.05) is 6.07 Å². The van der Waals surface area contributed by atoms with Crippen LogP contribution in [0.5, 0.6) is 28.7 Å². The molecular weight excluding hydrogens is 312 g/mol. The second-order valence-corrected chi connectivity index (χ2v) is 5.26. The Morgan fingerprint density at radius 2 is 1.50 bits per heavy atom. The monoisotopic (exact) mass is 334 g/mol. The van der Waals surface area contributed by atoms with Crippen molar-refractivity contribution in [3.05, 3.63) is 41.5 Å². The number of hydrogen-bond acceptors (Lipinski definition) is 6. The van der Waals surface area contributed by atoms with Gasteiger partial charge in [0.25, 0.3) is 0 Å². The van der Waals surface area contributed by atoms with Crippen LogP contribution < -0.4 is 18.9 Å². The second kappa shape index (κ2) is 7.79. The van der Waals surface area contributed by atoms with Crippen LogP contribution in [0.3, 0.4) is 0 Å². The maximum atomic E-state index is 10.3. The molecule has 0 amide bonds. The SMILES string of the molecule is COc1cc(C(O)COc2c(OC)cc(C)cc2OC)ccc1O. The van der Waals surface area contributed by atoms with E-state index in [1.165, 1.54) is 13.2 Å². The first-order chi connectivity index (χ1) is 11.5. The number of methoxy groups -OCH3 is 3. The van der Waals surface area contributed by atoms with E-state index < -0.39 is 6.10 Å². The van der Waals surface area contributed by atoms with Crippen molar-refractivity contribution in [1.82, 2.24) is 0 Å². The Morgan fingerprint density at radius 1 is 0.917 bits per heavy atom. The molecule has 6 heteroatoms. The van der Waals surface area contributed by atoms with E-state index in [9.17, 15) is 10.2 Å². The van der Waals surface area contributed by atoms with Crippen LogP contribution >= 0.6 is 0 Å².